The number of hydrogen-bond acceptors (Lipinski definition) is 7. The van der Waals surface area contributed by atoms with Crippen LogP contribution in [0, 0.1) is 6.92 Å². The highest BCUT2D eigenvalue weighted by Crippen LogP contribution is 2.16. The van der Waals surface area contributed by atoms with Gasteiger partial charge in [-0.2, -0.15) is 13.8 Å². The Balaban J connectivity index is 2.14. The van der Waals surface area contributed by atoms with Crippen molar-refractivity contribution in [3.63, 3.8) is 0 Å². The molecule has 19 heavy (non-hydrogen) atoms. The zero-order valence-corrected chi connectivity index (χ0v) is 11.1. The number of aromatic nitrogens is 4. The number of esters is 1. The minimum atomic E-state index is -0.511. The zero-order chi connectivity index (χ0) is 13.8. The van der Waals surface area contributed by atoms with Crippen molar-refractivity contribution in [3.05, 3.63) is 23.1 Å². The molecule has 2 aromatic heterocycles. The fourth-order valence-corrected chi connectivity index (χ4v) is 1.77. The monoisotopic (exact) mass is 281 g/mol. The molecule has 0 unspecified atom stereocenters. The molecule has 0 aliphatic rings. The average molecular weight is 281 g/mol. The number of ether oxygens (including phenoxy) is 1. The van der Waals surface area contributed by atoms with E-state index < -0.39 is 11.9 Å². The smallest absolute Gasteiger partial charge is 0.356 e. The van der Waals surface area contributed by atoms with Crippen molar-refractivity contribution in [3.8, 4) is 0 Å². The second-order valence-corrected chi connectivity index (χ2v) is 4.10. The molecule has 8 nitrogen and oxygen atoms in total. The number of amides is 1. The van der Waals surface area contributed by atoms with Gasteiger partial charge >= 0.3 is 5.97 Å². The van der Waals surface area contributed by atoms with Gasteiger partial charge in [0.1, 0.15) is 5.69 Å². The lowest BCUT2D eigenvalue weighted by Gasteiger charge is -2.01. The maximum Gasteiger partial charge on any atom is 0.356 e. The molecule has 2 N–H and O–H groups in total. The summed E-state index contributed by atoms with van der Waals surface area (Å²) in [5.74, 6) is -0.678. The lowest BCUT2D eigenvalue weighted by atomic mass is 10.2. The topological polar surface area (TPSA) is 110 Å². The maximum atomic E-state index is 11.8. The summed E-state index contributed by atoms with van der Waals surface area (Å²) in [5, 5.41) is 8.95. The molecular formula is C10H11N5O3S. The Morgan fingerprint density at radius 1 is 1.53 bits per heavy atom. The second kappa shape index (κ2) is 5.57. The number of nitrogens with zero attached hydrogens (tertiary/aromatic N) is 3. The Bertz CT molecular complexity index is 592. The van der Waals surface area contributed by atoms with E-state index in [1.54, 1.807) is 13.8 Å². The SMILES string of the molecule is CCOC(=O)c1[nH]nc(NC(=O)c2cnsn2)c1C. The van der Waals surface area contributed by atoms with E-state index in [4.69, 9.17) is 4.74 Å². The van der Waals surface area contributed by atoms with Crippen molar-refractivity contribution in [2.24, 2.45) is 0 Å². The van der Waals surface area contributed by atoms with E-state index in [1.165, 1.54) is 6.20 Å². The van der Waals surface area contributed by atoms with Gasteiger partial charge in [-0.3, -0.25) is 9.89 Å². The molecule has 2 rings (SSSR count). The Morgan fingerprint density at radius 3 is 2.95 bits per heavy atom. The first-order valence-electron chi connectivity index (χ1n) is 5.44. The van der Waals surface area contributed by atoms with E-state index in [2.05, 4.69) is 24.3 Å². The van der Waals surface area contributed by atoms with Crippen LogP contribution in [0.3, 0.4) is 0 Å². The lowest BCUT2D eigenvalue weighted by Crippen LogP contribution is -2.13. The number of carbonyl (C=O) groups excluding carboxylic acids is 2. The van der Waals surface area contributed by atoms with E-state index >= 15 is 0 Å². The summed E-state index contributed by atoms with van der Waals surface area (Å²) in [6.07, 6.45) is 1.36. The van der Waals surface area contributed by atoms with Crippen LogP contribution >= 0.6 is 11.7 Å². The molecule has 1 amide bonds. The summed E-state index contributed by atoms with van der Waals surface area (Å²) in [5.41, 5.74) is 0.925. The van der Waals surface area contributed by atoms with Crippen LogP contribution in [0.2, 0.25) is 0 Å². The van der Waals surface area contributed by atoms with Crippen LogP contribution in [0.5, 0.6) is 0 Å². The molecule has 0 aliphatic carbocycles. The molecule has 0 atom stereocenters. The van der Waals surface area contributed by atoms with Crippen LogP contribution < -0.4 is 5.32 Å². The van der Waals surface area contributed by atoms with Crippen LogP contribution in [0.25, 0.3) is 0 Å². The molecular weight excluding hydrogens is 270 g/mol. The summed E-state index contributed by atoms with van der Waals surface area (Å²) in [7, 11) is 0. The van der Waals surface area contributed by atoms with Crippen LogP contribution in [0.4, 0.5) is 5.82 Å². The Labute approximate surface area is 112 Å². The molecule has 0 spiro atoms. The number of aromatic amines is 1. The van der Waals surface area contributed by atoms with Crippen LogP contribution in [-0.4, -0.2) is 37.4 Å². The van der Waals surface area contributed by atoms with Crippen LogP contribution in [-0.2, 0) is 4.74 Å². The lowest BCUT2D eigenvalue weighted by molar-refractivity contribution is 0.0518. The van der Waals surface area contributed by atoms with Crippen LogP contribution in [0.1, 0.15) is 33.5 Å². The first-order chi connectivity index (χ1) is 9.13. The minimum absolute atomic E-state index is 0.199. The second-order valence-electron chi connectivity index (χ2n) is 3.54. The standard InChI is InChI=1S/C10H11N5O3S/c1-3-18-10(17)7-5(2)8(14-13-7)12-9(16)6-4-11-19-15-6/h4H,3H2,1-2H3,(H2,12,13,14,16). The van der Waals surface area contributed by atoms with E-state index in [-0.39, 0.29) is 23.8 Å². The summed E-state index contributed by atoms with van der Waals surface area (Å²) in [4.78, 5) is 23.3. The van der Waals surface area contributed by atoms with Gasteiger partial charge in [0.2, 0.25) is 0 Å². The Morgan fingerprint density at radius 2 is 2.32 bits per heavy atom. The molecule has 0 saturated carbocycles. The summed E-state index contributed by atoms with van der Waals surface area (Å²) in [6.45, 7) is 3.63. The fraction of sp³-hybridized carbons (Fsp3) is 0.300. The third kappa shape index (κ3) is 2.76. The number of H-pyrrole nitrogens is 1. The van der Waals surface area contributed by atoms with E-state index in [9.17, 15) is 9.59 Å². The summed E-state index contributed by atoms with van der Waals surface area (Å²) < 4.78 is 12.4. The normalized spacial score (nSPS) is 10.2. The van der Waals surface area contributed by atoms with E-state index in [0.29, 0.717) is 5.56 Å². The number of nitrogens with one attached hydrogen (secondary N) is 2. The van der Waals surface area contributed by atoms with Crippen molar-refractivity contribution >= 4 is 29.4 Å². The van der Waals surface area contributed by atoms with Crippen LogP contribution in [0.15, 0.2) is 6.20 Å². The number of hydrogen-bond donors (Lipinski definition) is 2. The first kappa shape index (κ1) is 13.1. The van der Waals surface area contributed by atoms with Crippen molar-refractivity contribution in [1.29, 1.82) is 0 Å². The van der Waals surface area contributed by atoms with Crippen molar-refractivity contribution in [1.82, 2.24) is 18.9 Å². The van der Waals surface area contributed by atoms with Crippen molar-refractivity contribution in [2.45, 2.75) is 13.8 Å². The summed E-state index contributed by atoms with van der Waals surface area (Å²) >= 11 is 0.936. The highest BCUT2D eigenvalue weighted by atomic mass is 32.1. The van der Waals surface area contributed by atoms with Gasteiger partial charge in [0, 0.05) is 5.56 Å². The molecule has 0 bridgehead atoms. The predicted octanol–water partition coefficient (Wildman–Crippen LogP) is 0.999. The average Bonchev–Trinajstić information content (AvgIpc) is 3.01. The molecule has 0 fully saturated rings. The Hall–Kier alpha value is -2.29. The molecule has 2 heterocycles. The molecule has 2 aromatic rings. The van der Waals surface area contributed by atoms with Gasteiger partial charge in [-0.25, -0.2) is 4.79 Å². The predicted molar refractivity (Wildman–Crippen MR) is 67.1 cm³/mol. The highest BCUT2D eigenvalue weighted by molar-refractivity contribution is 6.99. The minimum Gasteiger partial charge on any atom is -0.461 e. The van der Waals surface area contributed by atoms with Gasteiger partial charge in [-0.05, 0) is 13.8 Å². The highest BCUT2D eigenvalue weighted by Gasteiger charge is 2.19. The van der Waals surface area contributed by atoms with Gasteiger partial charge in [0.25, 0.3) is 5.91 Å². The largest absolute Gasteiger partial charge is 0.461 e. The fourth-order valence-electron chi connectivity index (χ4n) is 1.36. The number of carbonyl (C=O) groups is 2. The first-order valence-corrected chi connectivity index (χ1v) is 6.17. The number of rotatable bonds is 4. The van der Waals surface area contributed by atoms with E-state index in [0.717, 1.165) is 11.7 Å². The molecule has 0 saturated heterocycles. The molecule has 9 heteroatoms. The molecule has 0 aliphatic heterocycles. The third-order valence-electron chi connectivity index (χ3n) is 2.32. The van der Waals surface area contributed by atoms with Gasteiger partial charge in [-0.1, -0.05) is 0 Å². The maximum absolute atomic E-state index is 11.8. The quantitative estimate of drug-likeness (QED) is 0.809. The summed E-state index contributed by atoms with van der Waals surface area (Å²) in [6, 6.07) is 0. The van der Waals surface area contributed by atoms with Crippen molar-refractivity contribution in [2.75, 3.05) is 11.9 Å². The van der Waals surface area contributed by atoms with E-state index in [1.807, 2.05) is 0 Å². The van der Waals surface area contributed by atoms with Gasteiger partial charge < -0.3 is 10.1 Å². The molecule has 100 valence electrons. The van der Waals surface area contributed by atoms with Gasteiger partial charge in [0.15, 0.2) is 11.5 Å². The third-order valence-corrected chi connectivity index (χ3v) is 2.79. The molecule has 0 aromatic carbocycles. The van der Waals surface area contributed by atoms with Crippen molar-refractivity contribution < 1.29 is 14.3 Å². The van der Waals surface area contributed by atoms with Gasteiger partial charge in [0.05, 0.1) is 24.5 Å². The number of anilines is 1. The zero-order valence-electron chi connectivity index (χ0n) is 10.3. The molecule has 0 radical (unpaired) electrons. The van der Waals surface area contributed by atoms with Gasteiger partial charge in [-0.15, -0.1) is 0 Å². The Kier molecular flexibility index (Phi) is 3.85.